The molecule has 0 aromatic heterocycles. The van der Waals surface area contributed by atoms with Gasteiger partial charge in [-0.25, -0.2) is 4.31 Å². The van der Waals surface area contributed by atoms with Crippen LogP contribution in [0, 0.1) is 0 Å². The molecule has 1 amide bonds. The Balaban J connectivity index is 2.26. The number of likely N-dealkylation sites (N-methyl/N-ethyl adjacent to an activating group) is 1. The predicted molar refractivity (Wildman–Crippen MR) is 78.9 cm³/mol. The number of nitrogens with zero attached hydrogens (tertiary/aromatic N) is 1. The third kappa shape index (κ3) is 2.94. The number of amides is 1. The lowest BCUT2D eigenvalue weighted by Crippen LogP contribution is -2.34. The van der Waals surface area contributed by atoms with E-state index in [9.17, 15) is 13.2 Å². The summed E-state index contributed by atoms with van der Waals surface area (Å²) in [5, 5.41) is 0. The Morgan fingerprint density at radius 3 is 2.64 bits per heavy atom. The first kappa shape index (κ1) is 16.7. The number of benzene rings is 1. The number of hydrogen-bond donors (Lipinski definition) is 1. The average Bonchev–Trinajstić information content (AvgIpc) is 2.68. The van der Waals surface area contributed by atoms with Crippen molar-refractivity contribution in [2.75, 3.05) is 14.2 Å². The van der Waals surface area contributed by atoms with Crippen LogP contribution in [0.5, 0.6) is 5.75 Å². The molecule has 1 aliphatic heterocycles. The van der Waals surface area contributed by atoms with Crippen LogP contribution in [0.2, 0.25) is 0 Å². The topological polar surface area (TPSA) is 93.1 Å². The molecular weight excluding hydrogens is 310 g/mol. The van der Waals surface area contributed by atoms with Crippen LogP contribution in [0.4, 0.5) is 0 Å². The molecule has 1 heterocycles. The second-order valence-corrected chi connectivity index (χ2v) is 7.20. The number of carbonyl (C=O) groups excluding carboxylic acids is 1. The van der Waals surface area contributed by atoms with Crippen molar-refractivity contribution in [1.82, 2.24) is 4.31 Å². The Morgan fingerprint density at radius 2 is 2.09 bits per heavy atom. The van der Waals surface area contributed by atoms with Gasteiger partial charge in [-0.15, -0.1) is 0 Å². The van der Waals surface area contributed by atoms with Gasteiger partial charge in [0.2, 0.25) is 12.2 Å². The second kappa shape index (κ2) is 5.53. The van der Waals surface area contributed by atoms with Crippen LogP contribution in [0.1, 0.15) is 25.0 Å². The van der Waals surface area contributed by atoms with Crippen LogP contribution < -0.4 is 4.74 Å². The lowest BCUT2D eigenvalue weighted by molar-refractivity contribution is -0.125. The summed E-state index contributed by atoms with van der Waals surface area (Å²) in [7, 11) is -1.96. The zero-order valence-corrected chi connectivity index (χ0v) is 13.7. The van der Waals surface area contributed by atoms with Crippen LogP contribution in [0.15, 0.2) is 18.2 Å². The zero-order chi connectivity index (χ0) is 16.7. The van der Waals surface area contributed by atoms with E-state index in [1.165, 1.54) is 0 Å². The molecule has 122 valence electrons. The summed E-state index contributed by atoms with van der Waals surface area (Å²) in [6.45, 7) is 3.92. The van der Waals surface area contributed by atoms with Gasteiger partial charge < -0.3 is 9.47 Å². The molecule has 7 nitrogen and oxygen atoms in total. The van der Waals surface area contributed by atoms with Crippen LogP contribution in [-0.4, -0.2) is 43.6 Å². The third-order valence-electron chi connectivity index (χ3n) is 3.83. The Labute approximate surface area is 129 Å². The summed E-state index contributed by atoms with van der Waals surface area (Å²) >= 11 is 0. The van der Waals surface area contributed by atoms with Gasteiger partial charge in [0.25, 0.3) is 0 Å². The highest BCUT2D eigenvalue weighted by Crippen LogP contribution is 2.43. The van der Waals surface area contributed by atoms with E-state index in [1.54, 1.807) is 25.3 Å². The van der Waals surface area contributed by atoms with Crippen LogP contribution >= 0.6 is 0 Å². The van der Waals surface area contributed by atoms with Gasteiger partial charge in [0.1, 0.15) is 5.75 Å². The Bertz CT molecular complexity index is 697. The molecule has 22 heavy (non-hydrogen) atoms. The number of hydrogen-bond acceptors (Lipinski definition) is 5. The number of ether oxygens (including phenoxy) is 2. The second-order valence-electron chi connectivity index (χ2n) is 5.75. The van der Waals surface area contributed by atoms with Crippen molar-refractivity contribution in [1.29, 1.82) is 0 Å². The molecule has 0 aliphatic carbocycles. The summed E-state index contributed by atoms with van der Waals surface area (Å²) in [4.78, 5) is 11.9. The monoisotopic (exact) mass is 329 g/mol. The van der Waals surface area contributed by atoms with Crippen molar-refractivity contribution in [3.8, 4) is 5.75 Å². The van der Waals surface area contributed by atoms with E-state index in [4.69, 9.17) is 14.0 Å². The molecular formula is C14H19NO6S. The number of methoxy groups -OCH3 is 1. The first-order valence-electron chi connectivity index (χ1n) is 6.64. The molecule has 0 saturated carbocycles. The van der Waals surface area contributed by atoms with Crippen molar-refractivity contribution in [3.05, 3.63) is 29.3 Å². The lowest BCUT2D eigenvalue weighted by Gasteiger charge is -2.24. The van der Waals surface area contributed by atoms with E-state index in [-0.39, 0.29) is 6.42 Å². The highest BCUT2D eigenvalue weighted by Gasteiger charge is 2.42. The van der Waals surface area contributed by atoms with E-state index >= 15 is 0 Å². The maximum Gasteiger partial charge on any atom is 0.361 e. The number of fused-ring (bicyclic) bond motifs is 1. The summed E-state index contributed by atoms with van der Waals surface area (Å²) in [5.41, 5.74) is 1.13. The summed E-state index contributed by atoms with van der Waals surface area (Å²) in [5.74, 6) is -0.0429. The SMILES string of the molecule is COC1Oc2ccc(CC(=O)N(C)S(=O)(=O)O)cc2C1(C)C. The van der Waals surface area contributed by atoms with Gasteiger partial charge in [-0.3, -0.25) is 9.35 Å². The van der Waals surface area contributed by atoms with Crippen LogP contribution in [0.3, 0.4) is 0 Å². The smallest absolute Gasteiger partial charge is 0.361 e. The normalized spacial score (nSPS) is 19.4. The maximum absolute atomic E-state index is 11.9. The minimum atomic E-state index is -4.53. The first-order chi connectivity index (χ1) is 10.1. The van der Waals surface area contributed by atoms with Crippen molar-refractivity contribution < 1.29 is 27.2 Å². The van der Waals surface area contributed by atoms with Gasteiger partial charge in [0, 0.05) is 19.7 Å². The molecule has 0 bridgehead atoms. The molecule has 0 radical (unpaired) electrons. The quantitative estimate of drug-likeness (QED) is 0.833. The van der Waals surface area contributed by atoms with E-state index in [0.717, 1.165) is 12.6 Å². The Hall–Kier alpha value is -1.64. The molecule has 2 rings (SSSR count). The van der Waals surface area contributed by atoms with Gasteiger partial charge in [-0.1, -0.05) is 12.1 Å². The highest BCUT2D eigenvalue weighted by atomic mass is 32.2. The standard InChI is InChI=1S/C14H19NO6S/c1-14(2)10-7-9(5-6-11(10)21-13(14)20-4)8-12(16)15(3)22(17,18)19/h5-7,13H,8H2,1-4H3,(H,17,18,19). The zero-order valence-electron chi connectivity index (χ0n) is 12.9. The first-order valence-corrected chi connectivity index (χ1v) is 8.04. The Kier molecular flexibility index (Phi) is 4.20. The number of carbonyl (C=O) groups is 1. The molecule has 1 aromatic rings. The molecule has 1 aromatic carbocycles. The van der Waals surface area contributed by atoms with E-state index in [2.05, 4.69) is 0 Å². The minimum absolute atomic E-state index is 0.142. The average molecular weight is 329 g/mol. The fourth-order valence-electron chi connectivity index (χ4n) is 2.44. The lowest BCUT2D eigenvalue weighted by atomic mass is 9.84. The largest absolute Gasteiger partial charge is 0.464 e. The van der Waals surface area contributed by atoms with Gasteiger partial charge >= 0.3 is 10.3 Å². The predicted octanol–water partition coefficient (Wildman–Crippen LogP) is 1.13. The van der Waals surface area contributed by atoms with E-state index in [1.807, 2.05) is 13.8 Å². The highest BCUT2D eigenvalue weighted by molar-refractivity contribution is 7.83. The Morgan fingerprint density at radius 1 is 1.45 bits per heavy atom. The molecule has 1 unspecified atom stereocenters. The van der Waals surface area contributed by atoms with E-state index < -0.39 is 27.9 Å². The molecule has 8 heteroatoms. The third-order valence-corrected chi connectivity index (χ3v) is 4.72. The molecule has 1 N–H and O–H groups in total. The molecule has 1 atom stereocenters. The molecule has 0 fully saturated rings. The van der Waals surface area contributed by atoms with Gasteiger partial charge in [0.15, 0.2) is 0 Å². The molecule has 0 saturated heterocycles. The number of rotatable bonds is 4. The molecule has 1 aliphatic rings. The maximum atomic E-state index is 11.9. The van der Waals surface area contributed by atoms with Crippen molar-refractivity contribution in [2.45, 2.75) is 32.0 Å². The van der Waals surface area contributed by atoms with Gasteiger partial charge in [0.05, 0.1) is 11.8 Å². The van der Waals surface area contributed by atoms with Crippen molar-refractivity contribution in [2.24, 2.45) is 0 Å². The fourth-order valence-corrected chi connectivity index (χ4v) is 2.76. The van der Waals surface area contributed by atoms with Crippen LogP contribution in [0.25, 0.3) is 0 Å². The summed E-state index contributed by atoms with van der Waals surface area (Å²) in [6.07, 6.45) is -0.564. The summed E-state index contributed by atoms with van der Waals surface area (Å²) < 4.78 is 42.1. The summed E-state index contributed by atoms with van der Waals surface area (Å²) in [6, 6.07) is 5.21. The molecule has 0 spiro atoms. The van der Waals surface area contributed by atoms with Crippen molar-refractivity contribution in [3.63, 3.8) is 0 Å². The van der Waals surface area contributed by atoms with Gasteiger partial charge in [-0.2, -0.15) is 8.42 Å². The van der Waals surface area contributed by atoms with Gasteiger partial charge in [-0.05, 0) is 25.5 Å². The fraction of sp³-hybridized carbons (Fsp3) is 0.500. The minimum Gasteiger partial charge on any atom is -0.464 e. The van der Waals surface area contributed by atoms with Crippen LogP contribution in [-0.2, 0) is 31.7 Å². The van der Waals surface area contributed by atoms with Crippen molar-refractivity contribution >= 4 is 16.2 Å². The van der Waals surface area contributed by atoms with E-state index in [0.29, 0.717) is 15.6 Å².